The number of aromatic hydroxyl groups is 1. The van der Waals surface area contributed by atoms with Crippen molar-refractivity contribution in [2.75, 3.05) is 26.2 Å². The molecule has 19 heavy (non-hydrogen) atoms. The number of halogens is 1. The van der Waals surface area contributed by atoms with E-state index in [4.69, 9.17) is 0 Å². The molecule has 0 bridgehead atoms. The summed E-state index contributed by atoms with van der Waals surface area (Å²) in [7, 11) is 0. The Labute approximate surface area is 113 Å². The number of hydrogen-bond donors (Lipinski definition) is 2. The van der Waals surface area contributed by atoms with Crippen LogP contribution < -0.4 is 5.32 Å². The van der Waals surface area contributed by atoms with Gasteiger partial charge in [-0.05, 0) is 30.0 Å². The zero-order chi connectivity index (χ0) is 13.2. The number of nitrogens with zero attached hydrogens (tertiary/aromatic N) is 1. The maximum atomic E-state index is 13.6. The van der Waals surface area contributed by atoms with Gasteiger partial charge in [0, 0.05) is 32.2 Å². The number of piperazine rings is 1. The molecule has 1 aliphatic carbocycles. The molecule has 104 valence electrons. The fraction of sp³-hybridized carbons (Fsp3) is 0.600. The van der Waals surface area contributed by atoms with Crippen LogP contribution >= 0.6 is 0 Å². The highest BCUT2D eigenvalue weighted by Gasteiger charge is 2.30. The first-order valence-corrected chi connectivity index (χ1v) is 7.17. The lowest BCUT2D eigenvalue weighted by Gasteiger charge is -2.35. The zero-order valence-electron chi connectivity index (χ0n) is 11.1. The predicted octanol–water partition coefficient (Wildman–Crippen LogP) is 2.28. The molecule has 0 spiro atoms. The monoisotopic (exact) mass is 264 g/mol. The maximum Gasteiger partial charge on any atom is 0.165 e. The van der Waals surface area contributed by atoms with E-state index in [1.54, 1.807) is 0 Å². The summed E-state index contributed by atoms with van der Waals surface area (Å²) in [6.07, 6.45) is 3.73. The second-order valence-corrected chi connectivity index (χ2v) is 5.69. The van der Waals surface area contributed by atoms with Gasteiger partial charge in [-0.25, -0.2) is 4.39 Å². The molecule has 1 saturated carbocycles. The van der Waals surface area contributed by atoms with E-state index in [0.717, 1.165) is 44.1 Å². The van der Waals surface area contributed by atoms with Gasteiger partial charge >= 0.3 is 0 Å². The molecule has 2 N–H and O–H groups in total. The molecule has 0 amide bonds. The number of phenolic OH excluding ortho intramolecular Hbond substituents is 1. The van der Waals surface area contributed by atoms with Gasteiger partial charge in [-0.2, -0.15) is 0 Å². The van der Waals surface area contributed by atoms with Gasteiger partial charge in [0.05, 0.1) is 0 Å². The number of nitrogens with one attached hydrogen (secondary N) is 1. The lowest BCUT2D eigenvalue weighted by Crippen LogP contribution is -2.45. The van der Waals surface area contributed by atoms with Crippen LogP contribution in [0, 0.1) is 11.7 Å². The number of benzene rings is 1. The second kappa shape index (κ2) is 5.47. The van der Waals surface area contributed by atoms with Crippen LogP contribution in [-0.4, -0.2) is 36.2 Å². The van der Waals surface area contributed by atoms with Crippen LogP contribution in [0.4, 0.5) is 4.39 Å². The van der Waals surface area contributed by atoms with Gasteiger partial charge in [-0.15, -0.1) is 0 Å². The van der Waals surface area contributed by atoms with Crippen LogP contribution in [0.15, 0.2) is 18.2 Å². The number of rotatable bonds is 4. The Hall–Kier alpha value is -1.13. The van der Waals surface area contributed by atoms with E-state index >= 15 is 0 Å². The minimum Gasteiger partial charge on any atom is -0.505 e. The van der Waals surface area contributed by atoms with Crippen molar-refractivity contribution in [2.24, 2.45) is 5.92 Å². The Balaban J connectivity index is 1.81. The van der Waals surface area contributed by atoms with Crippen LogP contribution in [0.3, 0.4) is 0 Å². The fourth-order valence-electron chi connectivity index (χ4n) is 2.89. The minimum atomic E-state index is -0.506. The van der Waals surface area contributed by atoms with Gasteiger partial charge in [-0.3, -0.25) is 4.90 Å². The van der Waals surface area contributed by atoms with E-state index in [-0.39, 0.29) is 5.75 Å². The molecule has 3 nitrogen and oxygen atoms in total. The summed E-state index contributed by atoms with van der Waals surface area (Å²) in [6, 6.07) is 5.15. The highest BCUT2D eigenvalue weighted by Crippen LogP contribution is 2.40. The highest BCUT2D eigenvalue weighted by molar-refractivity contribution is 5.30. The first-order chi connectivity index (χ1) is 9.24. The maximum absolute atomic E-state index is 13.6. The molecular weight excluding hydrogens is 243 g/mol. The van der Waals surface area contributed by atoms with Crippen molar-refractivity contribution >= 4 is 0 Å². The molecule has 1 aliphatic heterocycles. The molecular formula is C15H21FN2O. The summed E-state index contributed by atoms with van der Waals surface area (Å²) in [6.45, 7) is 4.03. The van der Waals surface area contributed by atoms with Crippen molar-refractivity contribution in [1.29, 1.82) is 0 Å². The molecule has 1 aromatic carbocycles. The van der Waals surface area contributed by atoms with E-state index in [1.165, 1.54) is 25.0 Å². The van der Waals surface area contributed by atoms with Crippen molar-refractivity contribution < 1.29 is 9.50 Å². The quantitative estimate of drug-likeness (QED) is 0.875. The van der Waals surface area contributed by atoms with Crippen LogP contribution in [0.1, 0.15) is 30.9 Å². The Morgan fingerprint density at radius 3 is 2.68 bits per heavy atom. The topological polar surface area (TPSA) is 35.5 Å². The van der Waals surface area contributed by atoms with Gasteiger partial charge in [-0.1, -0.05) is 18.9 Å². The number of phenols is 1. The SMILES string of the molecule is Oc1ccc([C@@H](CC2CC2)N2CCNCC2)cc1F. The molecule has 4 heteroatoms. The average Bonchev–Trinajstić information content (AvgIpc) is 3.24. The molecule has 0 aromatic heterocycles. The summed E-state index contributed by atoms with van der Waals surface area (Å²) in [4.78, 5) is 2.45. The molecule has 1 aromatic rings. The standard InChI is InChI=1S/C15H21FN2O/c16-13-10-12(3-4-15(13)19)14(9-11-1-2-11)18-7-5-17-6-8-18/h3-4,10-11,14,17,19H,1-2,5-9H2/t14-/m1/s1. The molecule has 1 heterocycles. The fourth-order valence-corrected chi connectivity index (χ4v) is 2.89. The minimum absolute atomic E-state index is 0.255. The molecule has 1 saturated heterocycles. The third-order valence-electron chi connectivity index (χ3n) is 4.20. The Morgan fingerprint density at radius 2 is 2.05 bits per heavy atom. The highest BCUT2D eigenvalue weighted by atomic mass is 19.1. The second-order valence-electron chi connectivity index (χ2n) is 5.69. The van der Waals surface area contributed by atoms with Crippen molar-refractivity contribution in [3.8, 4) is 5.75 Å². The van der Waals surface area contributed by atoms with Crippen molar-refractivity contribution in [1.82, 2.24) is 10.2 Å². The molecule has 0 radical (unpaired) electrons. The van der Waals surface area contributed by atoms with E-state index in [9.17, 15) is 9.50 Å². The van der Waals surface area contributed by atoms with E-state index in [0.29, 0.717) is 6.04 Å². The Morgan fingerprint density at radius 1 is 1.32 bits per heavy atom. The van der Waals surface area contributed by atoms with Gasteiger partial charge in [0.15, 0.2) is 11.6 Å². The van der Waals surface area contributed by atoms with E-state index < -0.39 is 5.82 Å². The average molecular weight is 264 g/mol. The first kappa shape index (κ1) is 12.9. The molecule has 1 atom stereocenters. The molecule has 0 unspecified atom stereocenters. The number of hydrogen-bond acceptors (Lipinski definition) is 3. The van der Waals surface area contributed by atoms with E-state index in [1.807, 2.05) is 6.07 Å². The van der Waals surface area contributed by atoms with Crippen LogP contribution in [0.25, 0.3) is 0 Å². The van der Waals surface area contributed by atoms with Crippen LogP contribution in [0.5, 0.6) is 5.75 Å². The smallest absolute Gasteiger partial charge is 0.165 e. The van der Waals surface area contributed by atoms with E-state index in [2.05, 4.69) is 10.2 Å². The van der Waals surface area contributed by atoms with Gasteiger partial charge in [0.25, 0.3) is 0 Å². The first-order valence-electron chi connectivity index (χ1n) is 7.17. The summed E-state index contributed by atoms with van der Waals surface area (Å²) >= 11 is 0. The Kier molecular flexibility index (Phi) is 3.71. The summed E-state index contributed by atoms with van der Waals surface area (Å²) in [5, 5.41) is 12.7. The molecule has 3 rings (SSSR count). The van der Waals surface area contributed by atoms with Crippen LogP contribution in [-0.2, 0) is 0 Å². The third kappa shape index (κ3) is 3.07. The third-order valence-corrected chi connectivity index (χ3v) is 4.20. The lowest BCUT2D eigenvalue weighted by atomic mass is 9.98. The summed E-state index contributed by atoms with van der Waals surface area (Å²) in [5.41, 5.74) is 1.00. The summed E-state index contributed by atoms with van der Waals surface area (Å²) < 4.78 is 13.6. The summed E-state index contributed by atoms with van der Waals surface area (Å²) in [5.74, 6) is 0.0411. The van der Waals surface area contributed by atoms with Gasteiger partial charge < -0.3 is 10.4 Å². The molecule has 2 aliphatic rings. The van der Waals surface area contributed by atoms with Gasteiger partial charge in [0.2, 0.25) is 0 Å². The molecule has 2 fully saturated rings. The largest absolute Gasteiger partial charge is 0.505 e. The van der Waals surface area contributed by atoms with Crippen LogP contribution in [0.2, 0.25) is 0 Å². The van der Waals surface area contributed by atoms with Crippen molar-refractivity contribution in [3.63, 3.8) is 0 Å². The van der Waals surface area contributed by atoms with Crippen molar-refractivity contribution in [3.05, 3.63) is 29.6 Å². The Bertz CT molecular complexity index is 442. The zero-order valence-corrected chi connectivity index (χ0v) is 11.1. The van der Waals surface area contributed by atoms with Crippen molar-refractivity contribution in [2.45, 2.75) is 25.3 Å². The predicted molar refractivity (Wildman–Crippen MR) is 72.6 cm³/mol. The van der Waals surface area contributed by atoms with Gasteiger partial charge in [0.1, 0.15) is 0 Å². The lowest BCUT2D eigenvalue weighted by molar-refractivity contribution is 0.160. The normalized spacial score (nSPS) is 22.4.